The molecule has 0 aliphatic rings. The number of rotatable bonds is 80. The molecule has 0 aromatic heterocycles. The number of aliphatic hydroxyl groups is 1. The van der Waals surface area contributed by atoms with E-state index in [2.05, 4.69) is 41.5 Å². The fourth-order valence-electron chi connectivity index (χ4n) is 12.5. The average molecular weight is 1470 g/mol. The van der Waals surface area contributed by atoms with Gasteiger partial charge in [0.25, 0.3) is 0 Å². The predicted molar refractivity (Wildman–Crippen MR) is 409 cm³/mol. The van der Waals surface area contributed by atoms with Crippen LogP contribution in [-0.2, 0) is 65.4 Å². The second-order valence-electron chi connectivity index (χ2n) is 30.1. The first kappa shape index (κ1) is 98.1. The Morgan fingerprint density at radius 3 is 0.680 bits per heavy atom. The van der Waals surface area contributed by atoms with Gasteiger partial charge in [-0.2, -0.15) is 0 Å². The maximum Gasteiger partial charge on any atom is 0.472 e. The summed E-state index contributed by atoms with van der Waals surface area (Å²) in [6.45, 7) is 9.63. The Kier molecular flexibility index (Phi) is 71.2. The van der Waals surface area contributed by atoms with E-state index in [1.54, 1.807) is 0 Å². The van der Waals surface area contributed by atoms with E-state index in [1.807, 2.05) is 0 Å². The Morgan fingerprint density at radius 2 is 0.460 bits per heavy atom. The van der Waals surface area contributed by atoms with Crippen LogP contribution in [0.3, 0.4) is 0 Å². The Balaban J connectivity index is 5.25. The van der Waals surface area contributed by atoms with E-state index in [0.717, 1.165) is 102 Å². The molecule has 0 aliphatic heterocycles. The van der Waals surface area contributed by atoms with Gasteiger partial charge in [0.15, 0.2) is 12.2 Å². The minimum Gasteiger partial charge on any atom is -0.462 e. The van der Waals surface area contributed by atoms with Gasteiger partial charge in [-0.15, -0.1) is 0 Å². The first-order chi connectivity index (χ1) is 48.4. The van der Waals surface area contributed by atoms with Crippen molar-refractivity contribution in [2.75, 3.05) is 39.6 Å². The normalized spacial score (nSPS) is 13.9. The number of aliphatic hydroxyl groups excluding tert-OH is 1. The van der Waals surface area contributed by atoms with Gasteiger partial charge in [0.2, 0.25) is 0 Å². The molecule has 0 amide bonds. The summed E-state index contributed by atoms with van der Waals surface area (Å²) in [7, 11) is -9.92. The summed E-state index contributed by atoms with van der Waals surface area (Å²) >= 11 is 0. The molecule has 2 unspecified atom stereocenters. The molecule has 0 saturated carbocycles. The van der Waals surface area contributed by atoms with Crippen LogP contribution in [0.1, 0.15) is 427 Å². The highest BCUT2D eigenvalue weighted by Gasteiger charge is 2.30. The smallest absolute Gasteiger partial charge is 0.462 e. The van der Waals surface area contributed by atoms with Gasteiger partial charge in [0, 0.05) is 25.7 Å². The first-order valence-corrected chi connectivity index (χ1v) is 45.0. The Hall–Kier alpha value is -1.94. The highest BCUT2D eigenvalue weighted by Crippen LogP contribution is 2.45. The topological polar surface area (TPSA) is 237 Å². The van der Waals surface area contributed by atoms with Crippen molar-refractivity contribution in [3.8, 4) is 0 Å². The highest BCUT2D eigenvalue weighted by atomic mass is 31.2. The van der Waals surface area contributed by atoms with Crippen molar-refractivity contribution >= 4 is 39.5 Å². The lowest BCUT2D eigenvalue weighted by Crippen LogP contribution is -2.30. The molecular weight excluding hydrogens is 1310 g/mol. The van der Waals surface area contributed by atoms with Crippen molar-refractivity contribution in [2.24, 2.45) is 11.8 Å². The van der Waals surface area contributed by atoms with E-state index >= 15 is 0 Å². The predicted octanol–water partition coefficient (Wildman–Crippen LogP) is 24.3. The van der Waals surface area contributed by atoms with Crippen LogP contribution in [0.2, 0.25) is 0 Å². The number of unbranched alkanes of at least 4 members (excludes halogenated alkanes) is 50. The summed E-state index contributed by atoms with van der Waals surface area (Å²) in [6.07, 6.45) is 62.4. The molecule has 0 aromatic carbocycles. The molecule has 0 rings (SSSR count). The zero-order valence-electron chi connectivity index (χ0n) is 65.5. The van der Waals surface area contributed by atoms with Crippen molar-refractivity contribution in [1.29, 1.82) is 0 Å². The summed E-state index contributed by atoms with van der Waals surface area (Å²) in [5, 5.41) is 10.6. The lowest BCUT2D eigenvalue weighted by Gasteiger charge is -2.21. The number of phosphoric acid groups is 2. The van der Waals surface area contributed by atoms with Crippen LogP contribution in [0.15, 0.2) is 0 Å². The van der Waals surface area contributed by atoms with Gasteiger partial charge in [-0.3, -0.25) is 37.3 Å². The standard InChI is InChI=1S/C81H158O17P2/c1-7-9-11-13-15-17-19-21-23-24-26-30-34-38-45-51-57-63-78(83)91-69-76(97-80(85)66-60-54-48-40-36-32-28-27-29-33-37-43-49-55-61-73(3)4)71-95-99(87,88)93-67-75(82)68-94-100(89,90)96-72-77(70-92-79(84)64-58-52-46-42-41-44-50-56-62-74(5)6)98-81(86)65-59-53-47-39-35-31-25-22-20-18-16-14-12-10-8-2/h73-77,82H,7-72H2,1-6H3,(H,87,88)(H,89,90)/t75-,76-,77-/m1/s1. The molecule has 0 saturated heterocycles. The number of carbonyl (C=O) groups is 4. The van der Waals surface area contributed by atoms with Gasteiger partial charge >= 0.3 is 39.5 Å². The molecule has 0 fully saturated rings. The lowest BCUT2D eigenvalue weighted by molar-refractivity contribution is -0.161. The van der Waals surface area contributed by atoms with Gasteiger partial charge in [0.05, 0.1) is 26.4 Å². The summed E-state index contributed by atoms with van der Waals surface area (Å²) in [4.78, 5) is 73.1. The van der Waals surface area contributed by atoms with Crippen LogP contribution >= 0.6 is 15.6 Å². The van der Waals surface area contributed by atoms with E-state index in [9.17, 15) is 43.2 Å². The van der Waals surface area contributed by atoms with Crippen molar-refractivity contribution in [2.45, 2.75) is 445 Å². The van der Waals surface area contributed by atoms with E-state index in [0.29, 0.717) is 25.7 Å². The Morgan fingerprint density at radius 1 is 0.270 bits per heavy atom. The molecule has 100 heavy (non-hydrogen) atoms. The third-order valence-corrected chi connectivity index (χ3v) is 20.9. The van der Waals surface area contributed by atoms with Gasteiger partial charge in [-0.25, -0.2) is 9.13 Å². The Labute approximate surface area is 613 Å². The number of phosphoric ester groups is 2. The fourth-order valence-corrected chi connectivity index (χ4v) is 14.1. The molecular formula is C81H158O17P2. The molecule has 0 bridgehead atoms. The number of hydrogen-bond donors (Lipinski definition) is 3. The minimum absolute atomic E-state index is 0.108. The molecule has 0 spiro atoms. The van der Waals surface area contributed by atoms with Crippen LogP contribution < -0.4 is 0 Å². The summed E-state index contributed by atoms with van der Waals surface area (Å²) in [5.74, 6) is -0.586. The number of carbonyl (C=O) groups excluding carboxylic acids is 4. The van der Waals surface area contributed by atoms with Gasteiger partial charge < -0.3 is 33.8 Å². The van der Waals surface area contributed by atoms with Gasteiger partial charge in [-0.05, 0) is 37.5 Å². The van der Waals surface area contributed by atoms with Crippen LogP contribution in [0.25, 0.3) is 0 Å². The second kappa shape index (κ2) is 72.6. The molecule has 17 nitrogen and oxygen atoms in total. The number of hydrogen-bond acceptors (Lipinski definition) is 15. The molecule has 0 aromatic rings. The van der Waals surface area contributed by atoms with Crippen molar-refractivity contribution in [1.82, 2.24) is 0 Å². The largest absolute Gasteiger partial charge is 0.472 e. The van der Waals surface area contributed by atoms with Crippen LogP contribution in [0.5, 0.6) is 0 Å². The average Bonchev–Trinajstić information content (AvgIpc) is 0.919. The fraction of sp³-hybridized carbons (Fsp3) is 0.951. The molecule has 0 aliphatic carbocycles. The van der Waals surface area contributed by atoms with E-state index in [1.165, 1.54) is 244 Å². The van der Waals surface area contributed by atoms with Gasteiger partial charge in [-0.1, -0.05) is 375 Å². The number of esters is 4. The summed E-state index contributed by atoms with van der Waals surface area (Å²) in [5.41, 5.74) is 0. The van der Waals surface area contributed by atoms with Crippen molar-refractivity contribution < 1.29 is 80.2 Å². The monoisotopic (exact) mass is 1470 g/mol. The molecule has 594 valence electrons. The third-order valence-electron chi connectivity index (χ3n) is 19.0. The molecule has 3 N–H and O–H groups in total. The molecule has 5 atom stereocenters. The zero-order valence-corrected chi connectivity index (χ0v) is 67.3. The van der Waals surface area contributed by atoms with E-state index in [4.69, 9.17) is 37.0 Å². The minimum atomic E-state index is -4.96. The van der Waals surface area contributed by atoms with Crippen LogP contribution in [0, 0.1) is 11.8 Å². The number of ether oxygens (including phenoxy) is 4. The lowest BCUT2D eigenvalue weighted by atomic mass is 10.0. The van der Waals surface area contributed by atoms with Crippen molar-refractivity contribution in [3.63, 3.8) is 0 Å². The van der Waals surface area contributed by atoms with E-state index < -0.39 is 97.5 Å². The summed E-state index contributed by atoms with van der Waals surface area (Å²) < 4.78 is 68.7. The quantitative estimate of drug-likeness (QED) is 0.0222. The Bertz CT molecular complexity index is 1920. The van der Waals surface area contributed by atoms with Crippen LogP contribution in [-0.4, -0.2) is 96.7 Å². The summed E-state index contributed by atoms with van der Waals surface area (Å²) in [6, 6.07) is 0. The van der Waals surface area contributed by atoms with E-state index in [-0.39, 0.29) is 25.7 Å². The van der Waals surface area contributed by atoms with Crippen LogP contribution in [0.4, 0.5) is 0 Å². The maximum atomic E-state index is 13.1. The van der Waals surface area contributed by atoms with Crippen molar-refractivity contribution in [3.05, 3.63) is 0 Å². The van der Waals surface area contributed by atoms with Gasteiger partial charge in [0.1, 0.15) is 19.3 Å². The highest BCUT2D eigenvalue weighted by molar-refractivity contribution is 7.47. The zero-order chi connectivity index (χ0) is 73.5. The first-order valence-electron chi connectivity index (χ1n) is 42.0. The third kappa shape index (κ3) is 74.3. The maximum absolute atomic E-state index is 13.1. The molecule has 0 heterocycles. The second-order valence-corrected chi connectivity index (χ2v) is 33.0. The SMILES string of the molecule is CCCCCCCCCCCCCCCCCCCC(=O)OC[C@H](COP(=O)(O)OC[C@@H](O)COP(=O)(O)OC[C@@H](COC(=O)CCCCCCCCCCC(C)C)OC(=O)CCCCCCCCCCCCCCCCC)OC(=O)CCCCCCCCCCCCCCCCC(C)C. The molecule has 19 heteroatoms. The molecule has 0 radical (unpaired) electrons.